The molecule has 0 bridgehead atoms. The third-order valence-electron chi connectivity index (χ3n) is 4.98. The summed E-state index contributed by atoms with van der Waals surface area (Å²) in [6, 6.07) is 4.92. The van der Waals surface area contributed by atoms with Gasteiger partial charge in [0, 0.05) is 30.5 Å². The minimum Gasteiger partial charge on any atom is -0.425 e. The second-order valence-corrected chi connectivity index (χ2v) is 7.01. The van der Waals surface area contributed by atoms with Crippen LogP contribution in [0.2, 0.25) is 0 Å². The van der Waals surface area contributed by atoms with Crippen LogP contribution >= 0.6 is 0 Å². The van der Waals surface area contributed by atoms with Gasteiger partial charge < -0.3 is 14.1 Å². The number of carbonyl (C=O) groups is 2. The van der Waals surface area contributed by atoms with Crippen molar-refractivity contribution in [1.82, 2.24) is 4.90 Å². The molecule has 1 aliphatic heterocycles. The Kier molecular flexibility index (Phi) is 5.94. The van der Waals surface area contributed by atoms with Gasteiger partial charge in [-0.15, -0.1) is 0 Å². The van der Waals surface area contributed by atoms with Crippen LogP contribution in [0.3, 0.4) is 0 Å². The average molecular weight is 371 g/mol. The van der Waals surface area contributed by atoms with Gasteiger partial charge in [-0.05, 0) is 43.4 Å². The number of nitrogens with zero attached hydrogens (tertiary/aromatic N) is 1. The maximum Gasteiger partial charge on any atom is 0.336 e. The molecule has 0 N–H and O–H groups in total. The Morgan fingerprint density at radius 1 is 1.15 bits per heavy atom. The molecule has 0 unspecified atom stereocenters. The normalized spacial score (nSPS) is 15.5. The maximum atomic E-state index is 12.5. The van der Waals surface area contributed by atoms with Crippen LogP contribution < -0.4 is 10.4 Å². The van der Waals surface area contributed by atoms with E-state index in [0.29, 0.717) is 30.7 Å². The second-order valence-electron chi connectivity index (χ2n) is 7.01. The van der Waals surface area contributed by atoms with Gasteiger partial charge in [-0.1, -0.05) is 19.8 Å². The summed E-state index contributed by atoms with van der Waals surface area (Å²) >= 11 is 0. The van der Waals surface area contributed by atoms with Crippen LogP contribution in [-0.2, 0) is 16.0 Å². The molecule has 2 heterocycles. The summed E-state index contributed by atoms with van der Waals surface area (Å²) in [5.74, 6) is -0.0984. The van der Waals surface area contributed by atoms with Crippen molar-refractivity contribution in [2.75, 3.05) is 13.1 Å². The lowest BCUT2D eigenvalue weighted by Crippen LogP contribution is -2.38. The summed E-state index contributed by atoms with van der Waals surface area (Å²) in [4.78, 5) is 37.9. The van der Waals surface area contributed by atoms with E-state index in [9.17, 15) is 14.4 Å². The predicted octanol–water partition coefficient (Wildman–Crippen LogP) is 3.36. The molecule has 1 aromatic heterocycles. The van der Waals surface area contributed by atoms with Gasteiger partial charge in [0.1, 0.15) is 17.9 Å². The van der Waals surface area contributed by atoms with E-state index in [2.05, 4.69) is 0 Å². The number of ether oxygens (including phenoxy) is 1. The molecule has 2 aromatic rings. The standard InChI is InChI=1S/C21H25NO5/c1-3-15-11-16-14(2)10-20(24)27-18(16)12-17(15)26-21(25)13-22-9-7-5-4-6-8-19(22)23/h10-12H,3-9,13H2,1-2H3. The van der Waals surface area contributed by atoms with Crippen molar-refractivity contribution in [2.45, 2.75) is 52.4 Å². The number of hydrogen-bond donors (Lipinski definition) is 0. The van der Waals surface area contributed by atoms with Crippen LogP contribution in [0.5, 0.6) is 5.75 Å². The summed E-state index contributed by atoms with van der Waals surface area (Å²) < 4.78 is 10.8. The van der Waals surface area contributed by atoms with Crippen molar-refractivity contribution in [3.8, 4) is 5.75 Å². The topological polar surface area (TPSA) is 76.8 Å². The van der Waals surface area contributed by atoms with E-state index < -0.39 is 11.6 Å². The Hall–Kier alpha value is -2.63. The number of fused-ring (bicyclic) bond motifs is 1. The number of hydrogen-bond acceptors (Lipinski definition) is 5. The van der Waals surface area contributed by atoms with Gasteiger partial charge in [0.2, 0.25) is 5.91 Å². The zero-order valence-electron chi connectivity index (χ0n) is 15.9. The minimum atomic E-state index is -0.479. The highest BCUT2D eigenvalue weighted by molar-refractivity contribution is 5.86. The molecular formula is C21H25NO5. The van der Waals surface area contributed by atoms with Crippen molar-refractivity contribution in [3.63, 3.8) is 0 Å². The Morgan fingerprint density at radius 3 is 2.70 bits per heavy atom. The Labute approximate surface area is 158 Å². The Morgan fingerprint density at radius 2 is 1.93 bits per heavy atom. The number of benzene rings is 1. The van der Waals surface area contributed by atoms with Gasteiger partial charge in [-0.25, -0.2) is 9.59 Å². The molecular weight excluding hydrogens is 346 g/mol. The first-order chi connectivity index (χ1) is 13.0. The molecule has 27 heavy (non-hydrogen) atoms. The molecule has 1 saturated heterocycles. The second kappa shape index (κ2) is 8.37. The summed E-state index contributed by atoms with van der Waals surface area (Å²) in [6.07, 6.45) is 5.05. The minimum absolute atomic E-state index is 0.00231. The summed E-state index contributed by atoms with van der Waals surface area (Å²) in [5.41, 5.74) is 1.63. The number of carbonyl (C=O) groups excluding carboxylic acids is 2. The summed E-state index contributed by atoms with van der Waals surface area (Å²) in [5, 5.41) is 0.824. The lowest BCUT2D eigenvalue weighted by Gasteiger charge is -2.24. The molecule has 0 saturated carbocycles. The predicted molar refractivity (Wildman–Crippen MR) is 102 cm³/mol. The molecule has 1 amide bonds. The van der Waals surface area contributed by atoms with E-state index >= 15 is 0 Å². The molecule has 1 aromatic carbocycles. The van der Waals surface area contributed by atoms with Gasteiger partial charge in [0.05, 0.1) is 0 Å². The number of amides is 1. The van der Waals surface area contributed by atoms with Crippen molar-refractivity contribution in [1.29, 1.82) is 0 Å². The van der Waals surface area contributed by atoms with Gasteiger partial charge >= 0.3 is 11.6 Å². The van der Waals surface area contributed by atoms with Gasteiger partial charge in [0.15, 0.2) is 0 Å². The molecule has 0 radical (unpaired) electrons. The molecule has 1 aliphatic rings. The zero-order valence-corrected chi connectivity index (χ0v) is 15.9. The van der Waals surface area contributed by atoms with Crippen LogP contribution in [0.15, 0.2) is 27.4 Å². The fraction of sp³-hybridized carbons (Fsp3) is 0.476. The largest absolute Gasteiger partial charge is 0.425 e. The number of likely N-dealkylation sites (tertiary alicyclic amines) is 1. The fourth-order valence-corrected chi connectivity index (χ4v) is 3.46. The van der Waals surface area contributed by atoms with E-state index in [1.54, 1.807) is 11.0 Å². The van der Waals surface area contributed by atoms with E-state index in [1.807, 2.05) is 19.9 Å². The van der Waals surface area contributed by atoms with Crippen molar-refractivity contribution >= 4 is 22.8 Å². The van der Waals surface area contributed by atoms with Gasteiger partial charge in [-0.2, -0.15) is 0 Å². The maximum absolute atomic E-state index is 12.5. The number of aryl methyl sites for hydroxylation is 2. The molecule has 6 heteroatoms. The smallest absolute Gasteiger partial charge is 0.336 e. The van der Waals surface area contributed by atoms with Crippen LogP contribution in [0, 0.1) is 6.92 Å². The third-order valence-corrected chi connectivity index (χ3v) is 4.98. The SMILES string of the molecule is CCc1cc2c(C)cc(=O)oc2cc1OC(=O)CN1CCCCCCC1=O. The van der Waals surface area contributed by atoms with Gasteiger partial charge in [0.25, 0.3) is 0 Å². The first-order valence-electron chi connectivity index (χ1n) is 9.53. The van der Waals surface area contributed by atoms with Crippen LogP contribution in [0.1, 0.15) is 50.2 Å². The van der Waals surface area contributed by atoms with Crippen molar-refractivity contribution < 1.29 is 18.7 Å². The first-order valence-corrected chi connectivity index (χ1v) is 9.53. The van der Waals surface area contributed by atoms with E-state index in [4.69, 9.17) is 9.15 Å². The molecule has 0 atom stereocenters. The van der Waals surface area contributed by atoms with Crippen LogP contribution in [0.4, 0.5) is 0 Å². The highest BCUT2D eigenvalue weighted by atomic mass is 16.5. The van der Waals surface area contributed by atoms with Crippen molar-refractivity contribution in [3.05, 3.63) is 39.7 Å². The molecule has 1 fully saturated rings. The summed E-state index contributed by atoms with van der Waals surface area (Å²) in [7, 11) is 0. The third kappa shape index (κ3) is 4.56. The molecule has 144 valence electrons. The lowest BCUT2D eigenvalue weighted by molar-refractivity contribution is -0.143. The molecule has 0 spiro atoms. The number of esters is 1. The fourth-order valence-electron chi connectivity index (χ4n) is 3.46. The quantitative estimate of drug-likeness (QED) is 0.468. The zero-order chi connectivity index (χ0) is 19.4. The Bertz CT molecular complexity index is 915. The monoisotopic (exact) mass is 371 g/mol. The van der Waals surface area contributed by atoms with E-state index in [1.165, 1.54) is 6.07 Å². The number of rotatable bonds is 4. The first kappa shape index (κ1) is 19.1. The van der Waals surface area contributed by atoms with E-state index in [0.717, 1.165) is 42.2 Å². The van der Waals surface area contributed by atoms with Crippen LogP contribution in [-0.4, -0.2) is 29.9 Å². The Balaban J connectivity index is 1.81. The van der Waals surface area contributed by atoms with Crippen molar-refractivity contribution in [2.24, 2.45) is 0 Å². The molecule has 0 aliphatic carbocycles. The van der Waals surface area contributed by atoms with E-state index in [-0.39, 0.29) is 12.5 Å². The summed E-state index contributed by atoms with van der Waals surface area (Å²) in [6.45, 7) is 4.34. The van der Waals surface area contributed by atoms with Crippen LogP contribution in [0.25, 0.3) is 11.0 Å². The highest BCUT2D eigenvalue weighted by Gasteiger charge is 2.20. The highest BCUT2D eigenvalue weighted by Crippen LogP contribution is 2.28. The lowest BCUT2D eigenvalue weighted by atomic mass is 10.1. The molecule has 6 nitrogen and oxygen atoms in total. The molecule has 3 rings (SSSR count). The average Bonchev–Trinajstić information content (AvgIpc) is 2.61. The van der Waals surface area contributed by atoms with Gasteiger partial charge in [-0.3, -0.25) is 4.79 Å².